The van der Waals surface area contributed by atoms with Crippen LogP contribution >= 0.6 is 24.0 Å². The van der Waals surface area contributed by atoms with Crippen molar-refractivity contribution in [1.82, 2.24) is 14.8 Å². The fourth-order valence-electron chi connectivity index (χ4n) is 2.07. The van der Waals surface area contributed by atoms with Gasteiger partial charge in [-0.3, -0.25) is 5.10 Å². The molecule has 0 aromatic carbocycles. The molecule has 1 fully saturated rings. The largest absolute Gasteiger partial charge is 0.383 e. The molecule has 1 unspecified atom stereocenters. The molecule has 16 heavy (non-hydrogen) atoms. The van der Waals surface area contributed by atoms with Crippen molar-refractivity contribution in [2.24, 2.45) is 0 Å². The van der Waals surface area contributed by atoms with Gasteiger partial charge in [0.1, 0.15) is 5.82 Å². The second kappa shape index (κ2) is 4.89. The number of H-pyrrole nitrogens is 1. The Morgan fingerprint density at radius 2 is 2.50 bits per heavy atom. The van der Waals surface area contributed by atoms with E-state index in [4.69, 9.17) is 17.0 Å². The minimum absolute atomic E-state index is 0.112. The summed E-state index contributed by atoms with van der Waals surface area (Å²) in [6.45, 7) is 3.69. The Bertz CT molecular complexity index is 406. The van der Waals surface area contributed by atoms with Crippen LogP contribution < -0.4 is 0 Å². The van der Waals surface area contributed by atoms with Gasteiger partial charge in [-0.25, -0.2) is 0 Å². The summed E-state index contributed by atoms with van der Waals surface area (Å²) in [7, 11) is 1.70. The highest BCUT2D eigenvalue weighted by molar-refractivity contribution is 8.00. The van der Waals surface area contributed by atoms with Crippen LogP contribution in [-0.2, 0) is 16.0 Å². The van der Waals surface area contributed by atoms with Crippen molar-refractivity contribution >= 4 is 24.0 Å². The number of nitrogens with one attached hydrogen (secondary N) is 1. The molecule has 1 saturated heterocycles. The van der Waals surface area contributed by atoms with E-state index in [0.29, 0.717) is 11.4 Å². The first-order valence-corrected chi connectivity index (χ1v) is 6.85. The lowest BCUT2D eigenvalue weighted by molar-refractivity contribution is 0.185. The highest BCUT2D eigenvalue weighted by Crippen LogP contribution is 2.45. The van der Waals surface area contributed by atoms with Gasteiger partial charge in [-0.05, 0) is 37.7 Å². The Labute approximate surface area is 105 Å². The van der Waals surface area contributed by atoms with E-state index in [1.54, 1.807) is 7.11 Å². The zero-order valence-corrected chi connectivity index (χ0v) is 11.3. The fraction of sp³-hybridized carbons (Fsp3) is 0.800. The van der Waals surface area contributed by atoms with E-state index in [1.165, 1.54) is 18.6 Å². The maximum Gasteiger partial charge on any atom is 0.195 e. The molecule has 4 nitrogen and oxygen atoms in total. The normalized spacial score (nSPS) is 25.1. The lowest BCUT2D eigenvalue weighted by atomic mass is 10.1. The third-order valence-electron chi connectivity index (χ3n) is 2.97. The number of thioether (sulfide) groups is 1. The van der Waals surface area contributed by atoms with Gasteiger partial charge in [-0.2, -0.15) is 5.10 Å². The lowest BCUT2D eigenvalue weighted by Gasteiger charge is -2.22. The average Bonchev–Trinajstić information content (AvgIpc) is 2.84. The van der Waals surface area contributed by atoms with Crippen LogP contribution in [0.3, 0.4) is 0 Å². The molecule has 0 radical (unpaired) electrons. The summed E-state index contributed by atoms with van der Waals surface area (Å²) in [5.41, 5.74) is 0. The Kier molecular flexibility index (Phi) is 3.71. The second-order valence-electron chi connectivity index (χ2n) is 4.18. The molecule has 2 heterocycles. The van der Waals surface area contributed by atoms with Crippen molar-refractivity contribution in [2.45, 2.75) is 31.1 Å². The molecule has 0 amide bonds. The molecule has 1 atom stereocenters. The van der Waals surface area contributed by atoms with Crippen molar-refractivity contribution in [2.75, 3.05) is 19.5 Å². The number of methoxy groups -OCH3 is 1. The van der Waals surface area contributed by atoms with Crippen LogP contribution in [0.1, 0.15) is 25.6 Å². The average molecular weight is 259 g/mol. The van der Waals surface area contributed by atoms with Crippen LogP contribution in [0.25, 0.3) is 0 Å². The molecule has 1 N–H and O–H groups in total. The van der Waals surface area contributed by atoms with Gasteiger partial charge in [0.25, 0.3) is 0 Å². The summed E-state index contributed by atoms with van der Waals surface area (Å²) in [4.78, 5) is 0. The zero-order chi connectivity index (χ0) is 11.6. The van der Waals surface area contributed by atoms with Crippen molar-refractivity contribution in [1.29, 1.82) is 0 Å². The number of rotatable bonds is 4. The van der Waals surface area contributed by atoms with Gasteiger partial charge in [0, 0.05) is 7.11 Å². The van der Waals surface area contributed by atoms with Gasteiger partial charge in [-0.15, -0.1) is 11.8 Å². The van der Waals surface area contributed by atoms with Crippen LogP contribution in [0.15, 0.2) is 0 Å². The minimum Gasteiger partial charge on any atom is -0.383 e. The molecule has 6 heteroatoms. The molecule has 1 aliphatic rings. The van der Waals surface area contributed by atoms with Crippen LogP contribution in [-0.4, -0.2) is 34.2 Å². The highest BCUT2D eigenvalue weighted by Gasteiger charge is 2.36. The summed E-state index contributed by atoms with van der Waals surface area (Å²) in [5.74, 6) is 2.28. The molecule has 0 spiro atoms. The standard InChI is InChI=1S/C10H17N3OS2/c1-10(4-3-7-16-10)8-11-12-9(15)13(8)5-6-14-2/h3-7H2,1-2H3,(H,12,15). The quantitative estimate of drug-likeness (QED) is 0.843. The van der Waals surface area contributed by atoms with Gasteiger partial charge >= 0.3 is 0 Å². The monoisotopic (exact) mass is 259 g/mol. The summed E-state index contributed by atoms with van der Waals surface area (Å²) in [6.07, 6.45) is 2.43. The van der Waals surface area contributed by atoms with Gasteiger partial charge in [-0.1, -0.05) is 0 Å². The van der Waals surface area contributed by atoms with E-state index in [9.17, 15) is 0 Å². The van der Waals surface area contributed by atoms with E-state index in [-0.39, 0.29) is 4.75 Å². The third-order valence-corrected chi connectivity index (χ3v) is 4.80. The van der Waals surface area contributed by atoms with Crippen LogP contribution in [0, 0.1) is 4.77 Å². The fourth-order valence-corrected chi connectivity index (χ4v) is 3.60. The highest BCUT2D eigenvalue weighted by atomic mass is 32.2. The molecule has 2 rings (SSSR count). The molecule has 1 aromatic rings. The van der Waals surface area contributed by atoms with E-state index < -0.39 is 0 Å². The number of nitrogens with zero attached hydrogens (tertiary/aromatic N) is 2. The van der Waals surface area contributed by atoms with E-state index >= 15 is 0 Å². The predicted molar refractivity (Wildman–Crippen MR) is 68.3 cm³/mol. The Morgan fingerprint density at radius 3 is 3.12 bits per heavy atom. The maximum atomic E-state index is 5.25. The van der Waals surface area contributed by atoms with Crippen molar-refractivity contribution in [3.05, 3.63) is 10.6 Å². The summed E-state index contributed by atoms with van der Waals surface area (Å²) < 4.78 is 7.98. The topological polar surface area (TPSA) is 42.8 Å². The van der Waals surface area contributed by atoms with E-state index in [1.807, 2.05) is 11.8 Å². The lowest BCUT2D eigenvalue weighted by Crippen LogP contribution is -2.21. The molecule has 0 bridgehead atoms. The Hall–Kier alpha value is -0.330. The zero-order valence-electron chi connectivity index (χ0n) is 9.65. The van der Waals surface area contributed by atoms with E-state index in [2.05, 4.69) is 21.7 Å². The number of aromatic nitrogens is 3. The van der Waals surface area contributed by atoms with Gasteiger partial charge in [0.15, 0.2) is 4.77 Å². The molecule has 90 valence electrons. The SMILES string of the molecule is COCCn1c(C2(C)CCCS2)n[nH]c1=S. The van der Waals surface area contributed by atoms with E-state index in [0.717, 1.165) is 12.4 Å². The number of aromatic amines is 1. The molecule has 0 saturated carbocycles. The Balaban J connectivity index is 2.29. The molecular formula is C10H17N3OS2. The molecule has 1 aliphatic heterocycles. The van der Waals surface area contributed by atoms with Crippen LogP contribution in [0.4, 0.5) is 0 Å². The Morgan fingerprint density at radius 1 is 1.69 bits per heavy atom. The summed E-state index contributed by atoms with van der Waals surface area (Å²) >= 11 is 7.22. The van der Waals surface area contributed by atoms with Crippen molar-refractivity contribution < 1.29 is 4.74 Å². The van der Waals surface area contributed by atoms with Gasteiger partial charge < -0.3 is 9.30 Å². The van der Waals surface area contributed by atoms with Crippen molar-refractivity contribution in [3.63, 3.8) is 0 Å². The number of hydrogen-bond donors (Lipinski definition) is 1. The minimum atomic E-state index is 0.112. The number of ether oxygens (including phenoxy) is 1. The summed E-state index contributed by atoms with van der Waals surface area (Å²) in [6, 6.07) is 0. The molecular weight excluding hydrogens is 242 g/mol. The van der Waals surface area contributed by atoms with Crippen LogP contribution in [0.5, 0.6) is 0 Å². The number of hydrogen-bond acceptors (Lipinski definition) is 4. The van der Waals surface area contributed by atoms with Gasteiger partial charge in [0.2, 0.25) is 0 Å². The first-order chi connectivity index (χ1) is 7.67. The first kappa shape index (κ1) is 12.1. The van der Waals surface area contributed by atoms with Gasteiger partial charge in [0.05, 0.1) is 17.9 Å². The van der Waals surface area contributed by atoms with Crippen molar-refractivity contribution in [3.8, 4) is 0 Å². The first-order valence-electron chi connectivity index (χ1n) is 5.46. The second-order valence-corrected chi connectivity index (χ2v) is 6.16. The molecule has 0 aliphatic carbocycles. The molecule has 1 aromatic heterocycles. The third kappa shape index (κ3) is 2.19. The smallest absolute Gasteiger partial charge is 0.195 e. The predicted octanol–water partition coefficient (Wildman–Crippen LogP) is 2.33. The summed E-state index contributed by atoms with van der Waals surface area (Å²) in [5, 5.41) is 7.29. The van der Waals surface area contributed by atoms with Crippen LogP contribution in [0.2, 0.25) is 0 Å². The maximum absolute atomic E-state index is 5.25.